The number of nitrogens with one attached hydrogen (secondary N) is 1. The van der Waals surface area contributed by atoms with Gasteiger partial charge in [-0.15, -0.1) is 0 Å². The fourth-order valence-electron chi connectivity index (χ4n) is 3.90. The molecule has 1 aliphatic carbocycles. The second-order valence-electron chi connectivity index (χ2n) is 7.29. The molecule has 150 valence electrons. The second kappa shape index (κ2) is 8.39. The summed E-state index contributed by atoms with van der Waals surface area (Å²) < 4.78 is 1.79. The topological polar surface area (TPSA) is 51.1 Å². The zero-order chi connectivity index (χ0) is 20.5. The Morgan fingerprint density at radius 1 is 1.03 bits per heavy atom. The van der Waals surface area contributed by atoms with Crippen LogP contribution in [-0.4, -0.2) is 22.3 Å². The maximum atomic E-state index is 13.0. The van der Waals surface area contributed by atoms with E-state index in [-0.39, 0.29) is 16.8 Å². The van der Waals surface area contributed by atoms with Crippen molar-refractivity contribution in [3.8, 4) is 0 Å². The first-order chi connectivity index (χ1) is 14.0. The first-order valence-corrected chi connectivity index (χ1v) is 10.6. The van der Waals surface area contributed by atoms with E-state index in [4.69, 9.17) is 34.8 Å². The molecule has 29 heavy (non-hydrogen) atoms. The van der Waals surface area contributed by atoms with Crippen LogP contribution < -0.4 is 5.32 Å². The molecule has 0 aliphatic heterocycles. The minimum Gasteiger partial charge on any atom is -0.346 e. The number of benzene rings is 2. The monoisotopic (exact) mass is 448 g/mol. The lowest BCUT2D eigenvalue weighted by atomic mass is 10.1. The van der Waals surface area contributed by atoms with Crippen LogP contribution in [0, 0.1) is 0 Å². The molecular weight excluding hydrogens is 431 g/mol. The highest BCUT2D eigenvalue weighted by Gasteiger charge is 2.28. The average Bonchev–Trinajstić information content (AvgIpc) is 3.30. The van der Waals surface area contributed by atoms with Gasteiger partial charge in [-0.1, -0.05) is 71.9 Å². The molecule has 0 unspecified atom stereocenters. The molecule has 4 rings (SSSR count). The molecular formula is C22H19Cl3N2O2. The summed E-state index contributed by atoms with van der Waals surface area (Å²) in [7, 11) is 0. The highest BCUT2D eigenvalue weighted by atomic mass is 35.5. The predicted octanol–water partition coefficient (Wildman–Crippen LogP) is 5.89. The molecule has 3 aromatic rings. The Bertz CT molecular complexity index is 1100. The van der Waals surface area contributed by atoms with Crippen molar-refractivity contribution in [2.45, 2.75) is 38.3 Å². The number of halogens is 3. The lowest BCUT2D eigenvalue weighted by molar-refractivity contribution is -0.117. The van der Waals surface area contributed by atoms with Crippen molar-refractivity contribution in [3.63, 3.8) is 0 Å². The molecule has 1 N–H and O–H groups in total. The largest absolute Gasteiger partial charge is 0.346 e. The number of rotatable bonds is 5. The van der Waals surface area contributed by atoms with Crippen molar-refractivity contribution in [3.05, 3.63) is 68.8 Å². The van der Waals surface area contributed by atoms with Gasteiger partial charge in [-0.05, 0) is 36.6 Å². The van der Waals surface area contributed by atoms with Crippen LogP contribution in [0.1, 0.15) is 41.6 Å². The van der Waals surface area contributed by atoms with E-state index in [9.17, 15) is 9.59 Å². The molecule has 7 heteroatoms. The molecule has 2 aromatic carbocycles. The predicted molar refractivity (Wildman–Crippen MR) is 117 cm³/mol. The second-order valence-corrected chi connectivity index (χ2v) is 8.49. The zero-order valence-corrected chi connectivity index (χ0v) is 17.8. The first kappa shape index (κ1) is 20.3. The van der Waals surface area contributed by atoms with E-state index >= 15 is 0 Å². The average molecular weight is 450 g/mol. The third-order valence-electron chi connectivity index (χ3n) is 5.37. The van der Waals surface area contributed by atoms with Gasteiger partial charge in [0, 0.05) is 21.5 Å². The minimum atomic E-state index is -0.612. The van der Waals surface area contributed by atoms with Gasteiger partial charge < -0.3 is 9.88 Å². The molecule has 0 saturated heterocycles. The van der Waals surface area contributed by atoms with E-state index in [0.717, 1.165) is 36.8 Å². The fraction of sp³-hybridized carbons (Fsp3) is 0.273. The van der Waals surface area contributed by atoms with E-state index in [0.29, 0.717) is 22.0 Å². The number of para-hydroxylation sites is 1. The molecule has 1 amide bonds. The summed E-state index contributed by atoms with van der Waals surface area (Å²) in [6.45, 7) is 0.354. The molecule has 1 fully saturated rings. The van der Waals surface area contributed by atoms with Crippen LogP contribution in [0.4, 0.5) is 0 Å². The number of nitrogens with zero attached hydrogens (tertiary/aromatic N) is 1. The quantitative estimate of drug-likeness (QED) is 0.390. The number of ketones is 1. The number of Topliss-reactive ketones (excluding diaryl/α,β-unsaturated/α-hetero) is 1. The van der Waals surface area contributed by atoms with E-state index in [1.54, 1.807) is 22.8 Å². The van der Waals surface area contributed by atoms with Gasteiger partial charge in [-0.2, -0.15) is 0 Å². The summed E-state index contributed by atoms with van der Waals surface area (Å²) in [5.74, 6) is -1.22. The van der Waals surface area contributed by atoms with Gasteiger partial charge in [-0.3, -0.25) is 9.59 Å². The summed E-state index contributed by atoms with van der Waals surface area (Å²) in [5, 5.41) is 4.78. The SMILES string of the molecule is O=C(NC1CCCC1)C(=O)c1c(Cl)n(Cc2ccc(Cl)cc2Cl)c2ccccc12. The molecule has 1 aromatic heterocycles. The summed E-state index contributed by atoms with van der Waals surface area (Å²) in [6.07, 6.45) is 3.95. The number of aromatic nitrogens is 1. The van der Waals surface area contributed by atoms with Gasteiger partial charge in [0.2, 0.25) is 0 Å². The number of fused-ring (bicyclic) bond motifs is 1. The Morgan fingerprint density at radius 2 is 1.76 bits per heavy atom. The van der Waals surface area contributed by atoms with Crippen LogP contribution >= 0.6 is 34.8 Å². The van der Waals surface area contributed by atoms with Crippen molar-refractivity contribution >= 4 is 57.4 Å². The van der Waals surface area contributed by atoms with Crippen molar-refractivity contribution in [1.29, 1.82) is 0 Å². The lowest BCUT2D eigenvalue weighted by Crippen LogP contribution is -2.37. The maximum Gasteiger partial charge on any atom is 0.292 e. The lowest BCUT2D eigenvalue weighted by Gasteiger charge is -2.11. The Morgan fingerprint density at radius 3 is 2.48 bits per heavy atom. The molecule has 0 spiro atoms. The van der Waals surface area contributed by atoms with Crippen LogP contribution in [-0.2, 0) is 11.3 Å². The van der Waals surface area contributed by atoms with E-state index in [2.05, 4.69) is 5.32 Å². The number of amides is 1. The molecule has 0 atom stereocenters. The van der Waals surface area contributed by atoms with Gasteiger partial charge in [0.1, 0.15) is 5.15 Å². The Balaban J connectivity index is 1.72. The number of carbonyl (C=O) groups is 2. The highest BCUT2D eigenvalue weighted by Crippen LogP contribution is 2.33. The Kier molecular flexibility index (Phi) is 5.86. The van der Waals surface area contributed by atoms with Crippen molar-refractivity contribution in [2.24, 2.45) is 0 Å². The number of carbonyl (C=O) groups excluding carboxylic acids is 2. The molecule has 1 aliphatic rings. The third kappa shape index (κ3) is 4.02. The minimum absolute atomic E-state index is 0.0615. The molecule has 1 saturated carbocycles. The normalized spacial score (nSPS) is 14.4. The van der Waals surface area contributed by atoms with Gasteiger partial charge in [0.15, 0.2) is 0 Å². The molecule has 4 nitrogen and oxygen atoms in total. The van der Waals surface area contributed by atoms with Crippen molar-refractivity contribution in [1.82, 2.24) is 9.88 Å². The smallest absolute Gasteiger partial charge is 0.292 e. The van der Waals surface area contributed by atoms with Crippen LogP contribution in [0.15, 0.2) is 42.5 Å². The number of hydrogen-bond acceptors (Lipinski definition) is 2. The first-order valence-electron chi connectivity index (χ1n) is 9.51. The molecule has 0 radical (unpaired) electrons. The van der Waals surface area contributed by atoms with Crippen LogP contribution in [0.5, 0.6) is 0 Å². The molecule has 0 bridgehead atoms. The molecule has 1 heterocycles. The standard InChI is InChI=1S/C22H19Cl3N2O2/c23-14-10-9-13(17(24)11-14)12-27-18-8-4-3-7-16(18)19(21(27)25)20(28)22(29)26-15-5-1-2-6-15/h3-4,7-11,15H,1-2,5-6,12H2,(H,26,29). The van der Waals surface area contributed by atoms with Crippen LogP contribution in [0.3, 0.4) is 0 Å². The third-order valence-corrected chi connectivity index (χ3v) is 6.35. The van der Waals surface area contributed by atoms with Crippen LogP contribution in [0.25, 0.3) is 10.9 Å². The number of hydrogen-bond donors (Lipinski definition) is 1. The zero-order valence-electron chi connectivity index (χ0n) is 15.6. The van der Waals surface area contributed by atoms with Gasteiger partial charge >= 0.3 is 0 Å². The van der Waals surface area contributed by atoms with E-state index in [1.165, 1.54) is 0 Å². The van der Waals surface area contributed by atoms with Crippen molar-refractivity contribution < 1.29 is 9.59 Å². The van der Waals surface area contributed by atoms with Gasteiger partial charge in [-0.25, -0.2) is 0 Å². The summed E-state index contributed by atoms with van der Waals surface area (Å²) in [4.78, 5) is 25.6. The van der Waals surface area contributed by atoms with E-state index in [1.807, 2.05) is 24.3 Å². The van der Waals surface area contributed by atoms with Gasteiger partial charge in [0.05, 0.1) is 17.6 Å². The maximum absolute atomic E-state index is 13.0. The van der Waals surface area contributed by atoms with E-state index < -0.39 is 11.7 Å². The fourth-order valence-corrected chi connectivity index (χ4v) is 4.70. The van der Waals surface area contributed by atoms with Crippen LogP contribution in [0.2, 0.25) is 15.2 Å². The summed E-state index contributed by atoms with van der Waals surface area (Å²) in [5.41, 5.74) is 1.80. The Hall–Kier alpha value is -2.01. The highest BCUT2D eigenvalue weighted by molar-refractivity contribution is 6.49. The van der Waals surface area contributed by atoms with Gasteiger partial charge in [0.25, 0.3) is 11.7 Å². The summed E-state index contributed by atoms with van der Waals surface area (Å²) in [6, 6.07) is 12.7. The summed E-state index contributed by atoms with van der Waals surface area (Å²) >= 11 is 19.0. The Labute approximate surface area is 183 Å². The van der Waals surface area contributed by atoms with Crippen molar-refractivity contribution in [2.75, 3.05) is 0 Å².